The number of rotatable bonds is 4. The van der Waals surface area contributed by atoms with Gasteiger partial charge in [-0.2, -0.15) is 4.31 Å². The lowest BCUT2D eigenvalue weighted by Crippen LogP contribution is -2.43. The van der Waals surface area contributed by atoms with Gasteiger partial charge in [0, 0.05) is 32.7 Å². The number of likely N-dealkylation sites (tertiary alicyclic amines) is 1. The van der Waals surface area contributed by atoms with Crippen molar-refractivity contribution in [2.45, 2.75) is 42.8 Å². The van der Waals surface area contributed by atoms with Crippen molar-refractivity contribution in [1.29, 1.82) is 0 Å². The summed E-state index contributed by atoms with van der Waals surface area (Å²) in [4.78, 5) is 2.66. The van der Waals surface area contributed by atoms with E-state index in [2.05, 4.69) is 4.90 Å². The van der Waals surface area contributed by atoms with Crippen LogP contribution in [-0.4, -0.2) is 74.3 Å². The van der Waals surface area contributed by atoms with Crippen molar-refractivity contribution < 1.29 is 18.3 Å². The molecule has 26 heavy (non-hydrogen) atoms. The number of piperidine rings is 1. The zero-order valence-corrected chi connectivity index (χ0v) is 15.9. The van der Waals surface area contributed by atoms with Crippen molar-refractivity contribution >= 4 is 10.0 Å². The van der Waals surface area contributed by atoms with E-state index in [0.29, 0.717) is 18.0 Å². The van der Waals surface area contributed by atoms with E-state index in [9.17, 15) is 13.5 Å². The zero-order chi connectivity index (χ0) is 18.2. The first-order chi connectivity index (χ1) is 12.5. The van der Waals surface area contributed by atoms with Crippen LogP contribution in [0.2, 0.25) is 0 Å². The summed E-state index contributed by atoms with van der Waals surface area (Å²) in [6, 6.07) is 8.70. The van der Waals surface area contributed by atoms with Crippen LogP contribution in [0.3, 0.4) is 0 Å². The van der Waals surface area contributed by atoms with Crippen molar-refractivity contribution in [3.63, 3.8) is 0 Å². The van der Waals surface area contributed by atoms with Crippen molar-refractivity contribution in [2.75, 3.05) is 39.3 Å². The van der Waals surface area contributed by atoms with E-state index in [1.165, 1.54) is 0 Å². The Hall–Kier alpha value is -0.990. The topological polar surface area (TPSA) is 70.1 Å². The zero-order valence-electron chi connectivity index (χ0n) is 15.1. The first-order valence-electron chi connectivity index (χ1n) is 9.54. The molecule has 1 aromatic rings. The van der Waals surface area contributed by atoms with E-state index in [0.717, 1.165) is 51.9 Å². The maximum atomic E-state index is 12.8. The summed E-state index contributed by atoms with van der Waals surface area (Å²) >= 11 is 0. The van der Waals surface area contributed by atoms with E-state index in [1.54, 1.807) is 28.6 Å². The molecule has 0 amide bonds. The predicted molar refractivity (Wildman–Crippen MR) is 98.3 cm³/mol. The van der Waals surface area contributed by atoms with Crippen molar-refractivity contribution in [2.24, 2.45) is 5.41 Å². The number of β-amino-alcohol motifs (C(OH)–C–C–N with tert-alkyl or cyclic N) is 1. The van der Waals surface area contributed by atoms with Crippen LogP contribution >= 0.6 is 0 Å². The smallest absolute Gasteiger partial charge is 0.243 e. The SMILES string of the molecule is O=S(=O)(c1ccccc1)N1CCC2(CC1)COC(CN1CCC(O)C1)C2. The first-order valence-corrected chi connectivity index (χ1v) is 11.0. The second-order valence-corrected chi connectivity index (χ2v) is 9.99. The maximum Gasteiger partial charge on any atom is 0.243 e. The van der Waals surface area contributed by atoms with Gasteiger partial charge in [-0.1, -0.05) is 18.2 Å². The highest BCUT2D eigenvalue weighted by molar-refractivity contribution is 7.89. The quantitative estimate of drug-likeness (QED) is 0.853. The first kappa shape index (κ1) is 18.4. The fourth-order valence-corrected chi connectivity index (χ4v) is 6.03. The van der Waals surface area contributed by atoms with Gasteiger partial charge in [-0.05, 0) is 43.2 Å². The molecule has 0 aromatic heterocycles. The number of aliphatic hydroxyl groups excluding tert-OH is 1. The molecule has 0 saturated carbocycles. The number of nitrogens with zero attached hydrogens (tertiary/aromatic N) is 2. The molecule has 2 atom stereocenters. The lowest BCUT2D eigenvalue weighted by molar-refractivity contribution is 0.0599. The molecule has 6 nitrogen and oxygen atoms in total. The molecule has 1 aromatic carbocycles. The van der Waals surface area contributed by atoms with Gasteiger partial charge >= 0.3 is 0 Å². The Morgan fingerprint density at radius 1 is 1.15 bits per heavy atom. The minimum absolute atomic E-state index is 0.117. The molecular formula is C19H28N2O4S. The molecule has 4 rings (SSSR count). The van der Waals surface area contributed by atoms with E-state index in [-0.39, 0.29) is 17.6 Å². The van der Waals surface area contributed by atoms with Crippen LogP contribution in [0.4, 0.5) is 0 Å². The second kappa shape index (κ2) is 7.20. The fraction of sp³-hybridized carbons (Fsp3) is 0.684. The molecule has 3 aliphatic rings. The monoisotopic (exact) mass is 380 g/mol. The number of aliphatic hydroxyl groups is 1. The molecule has 7 heteroatoms. The highest BCUT2D eigenvalue weighted by atomic mass is 32.2. The molecule has 0 radical (unpaired) electrons. The van der Waals surface area contributed by atoms with Crippen molar-refractivity contribution in [1.82, 2.24) is 9.21 Å². The number of hydrogen-bond donors (Lipinski definition) is 1. The Morgan fingerprint density at radius 3 is 2.54 bits per heavy atom. The summed E-state index contributed by atoms with van der Waals surface area (Å²) < 4.78 is 33.2. The van der Waals surface area contributed by atoms with Gasteiger partial charge in [0.2, 0.25) is 10.0 Å². The molecule has 3 aliphatic heterocycles. The summed E-state index contributed by atoms with van der Waals surface area (Å²) in [7, 11) is -3.39. The summed E-state index contributed by atoms with van der Waals surface area (Å²) in [6.45, 7) is 4.43. The summed E-state index contributed by atoms with van der Waals surface area (Å²) in [5.41, 5.74) is 0.117. The normalized spacial score (nSPS) is 30.2. The summed E-state index contributed by atoms with van der Waals surface area (Å²) in [5.74, 6) is 0. The van der Waals surface area contributed by atoms with Gasteiger partial charge in [0.1, 0.15) is 0 Å². The van der Waals surface area contributed by atoms with E-state index in [4.69, 9.17) is 4.74 Å². The third-order valence-corrected chi connectivity index (χ3v) is 8.07. The Bertz CT molecular complexity index is 716. The van der Waals surface area contributed by atoms with Gasteiger partial charge in [0.15, 0.2) is 0 Å². The van der Waals surface area contributed by atoms with Crippen LogP contribution in [0.25, 0.3) is 0 Å². The van der Waals surface area contributed by atoms with Gasteiger partial charge < -0.3 is 9.84 Å². The van der Waals surface area contributed by atoms with E-state index < -0.39 is 10.0 Å². The minimum atomic E-state index is -3.39. The van der Waals surface area contributed by atoms with Crippen molar-refractivity contribution in [3.8, 4) is 0 Å². The Labute approximate surface area is 155 Å². The average Bonchev–Trinajstić information content (AvgIpc) is 3.23. The predicted octanol–water partition coefficient (Wildman–Crippen LogP) is 1.31. The van der Waals surface area contributed by atoms with Gasteiger partial charge in [0.25, 0.3) is 0 Å². The molecular weight excluding hydrogens is 352 g/mol. The number of benzene rings is 1. The molecule has 3 saturated heterocycles. The van der Waals surface area contributed by atoms with Crippen LogP contribution in [0, 0.1) is 5.41 Å². The Morgan fingerprint density at radius 2 is 1.88 bits per heavy atom. The molecule has 2 unspecified atom stereocenters. The highest BCUT2D eigenvalue weighted by Gasteiger charge is 2.44. The van der Waals surface area contributed by atoms with Crippen LogP contribution < -0.4 is 0 Å². The van der Waals surface area contributed by atoms with E-state index in [1.807, 2.05) is 6.07 Å². The van der Waals surface area contributed by atoms with Gasteiger partial charge in [0.05, 0.1) is 23.7 Å². The lowest BCUT2D eigenvalue weighted by atomic mass is 9.77. The van der Waals surface area contributed by atoms with Crippen LogP contribution in [-0.2, 0) is 14.8 Å². The molecule has 144 valence electrons. The minimum Gasteiger partial charge on any atom is -0.392 e. The van der Waals surface area contributed by atoms with Gasteiger partial charge in [-0.25, -0.2) is 8.42 Å². The maximum absolute atomic E-state index is 12.8. The Kier molecular flexibility index (Phi) is 5.09. The molecule has 0 aliphatic carbocycles. The summed E-state index contributed by atoms with van der Waals surface area (Å²) in [6.07, 6.45) is 3.58. The molecule has 1 N–H and O–H groups in total. The van der Waals surface area contributed by atoms with Gasteiger partial charge in [-0.15, -0.1) is 0 Å². The largest absolute Gasteiger partial charge is 0.392 e. The van der Waals surface area contributed by atoms with E-state index >= 15 is 0 Å². The number of ether oxygens (including phenoxy) is 1. The molecule has 0 bridgehead atoms. The molecule has 1 spiro atoms. The molecule has 3 heterocycles. The van der Waals surface area contributed by atoms with Crippen molar-refractivity contribution in [3.05, 3.63) is 30.3 Å². The average molecular weight is 381 g/mol. The number of sulfonamides is 1. The lowest BCUT2D eigenvalue weighted by Gasteiger charge is -2.37. The number of hydrogen-bond acceptors (Lipinski definition) is 5. The van der Waals surface area contributed by atoms with Crippen LogP contribution in [0.15, 0.2) is 35.2 Å². The molecule has 3 fully saturated rings. The highest BCUT2D eigenvalue weighted by Crippen LogP contribution is 2.43. The van der Waals surface area contributed by atoms with Crippen LogP contribution in [0.1, 0.15) is 25.7 Å². The standard InChI is InChI=1S/C19H28N2O4S/c22-16-6-9-20(13-16)14-17-12-19(15-25-17)7-10-21(11-8-19)26(23,24)18-4-2-1-3-5-18/h1-5,16-17,22H,6-15H2. The van der Waals surface area contributed by atoms with Gasteiger partial charge in [-0.3, -0.25) is 4.90 Å². The third-order valence-electron chi connectivity index (χ3n) is 6.16. The Balaban J connectivity index is 1.34. The second-order valence-electron chi connectivity index (χ2n) is 8.06. The third kappa shape index (κ3) is 3.68. The summed E-state index contributed by atoms with van der Waals surface area (Å²) in [5, 5.41) is 9.67. The van der Waals surface area contributed by atoms with Crippen LogP contribution in [0.5, 0.6) is 0 Å². The fourth-order valence-electron chi connectivity index (χ4n) is 4.57.